The molecule has 0 spiro atoms. The minimum absolute atomic E-state index is 0.0248. The van der Waals surface area contributed by atoms with Gasteiger partial charge in [-0.15, -0.1) is 0 Å². The Labute approximate surface area is 192 Å². The van der Waals surface area contributed by atoms with Gasteiger partial charge in [-0.05, 0) is 43.0 Å². The van der Waals surface area contributed by atoms with Crippen LogP contribution in [-0.2, 0) is 16.1 Å². The molecule has 168 valence electrons. The van der Waals surface area contributed by atoms with E-state index in [0.717, 1.165) is 11.1 Å². The van der Waals surface area contributed by atoms with E-state index in [4.69, 9.17) is 11.6 Å². The number of anilines is 1. The highest BCUT2D eigenvalue weighted by molar-refractivity contribution is 6.35. The van der Waals surface area contributed by atoms with Gasteiger partial charge in [0, 0.05) is 49.5 Å². The highest BCUT2D eigenvalue weighted by Crippen LogP contribution is 2.23. The zero-order valence-electron chi connectivity index (χ0n) is 18.1. The molecule has 0 saturated carbocycles. The molecule has 4 rings (SSSR count). The smallest absolute Gasteiger partial charge is 0.321 e. The van der Waals surface area contributed by atoms with E-state index in [1.165, 1.54) is 0 Å². The number of rotatable bonds is 4. The molecular weight excluding hydrogens is 428 g/mol. The van der Waals surface area contributed by atoms with Crippen molar-refractivity contribution in [3.8, 4) is 0 Å². The van der Waals surface area contributed by atoms with Crippen molar-refractivity contribution in [1.29, 1.82) is 0 Å². The van der Waals surface area contributed by atoms with Gasteiger partial charge in [0.2, 0.25) is 0 Å². The van der Waals surface area contributed by atoms with Gasteiger partial charge in [0.25, 0.3) is 0 Å². The van der Waals surface area contributed by atoms with Crippen molar-refractivity contribution in [3.63, 3.8) is 0 Å². The summed E-state index contributed by atoms with van der Waals surface area (Å²) in [5.74, 6) is -0.888. The molecule has 2 aromatic rings. The maximum Gasteiger partial charge on any atom is 0.321 e. The highest BCUT2D eigenvalue weighted by Gasteiger charge is 2.38. The fourth-order valence-corrected chi connectivity index (χ4v) is 4.43. The number of hydrogen-bond donors (Lipinski definition) is 1. The summed E-state index contributed by atoms with van der Waals surface area (Å²) < 4.78 is 0. The maximum absolute atomic E-state index is 12.8. The number of nitrogens with one attached hydrogen (secondary N) is 1. The Bertz CT molecular complexity index is 1010. The number of carbonyl (C=O) groups is 3. The molecule has 2 saturated heterocycles. The molecule has 2 aromatic carbocycles. The summed E-state index contributed by atoms with van der Waals surface area (Å²) in [4.78, 5) is 43.1. The molecule has 8 heteroatoms. The highest BCUT2D eigenvalue weighted by atomic mass is 35.5. The molecule has 0 unspecified atom stereocenters. The van der Waals surface area contributed by atoms with Crippen LogP contribution in [0.3, 0.4) is 0 Å². The minimum Gasteiger partial charge on any atom is -0.330 e. The van der Waals surface area contributed by atoms with Gasteiger partial charge >= 0.3 is 17.8 Å². The molecule has 1 N–H and O–H groups in total. The molecule has 32 heavy (non-hydrogen) atoms. The van der Waals surface area contributed by atoms with Crippen LogP contribution in [0, 0.1) is 6.92 Å². The number of amides is 4. The molecule has 0 radical (unpaired) electrons. The van der Waals surface area contributed by atoms with Gasteiger partial charge in [0.05, 0.1) is 0 Å². The van der Waals surface area contributed by atoms with E-state index in [-0.39, 0.29) is 12.1 Å². The molecule has 2 heterocycles. The monoisotopic (exact) mass is 454 g/mol. The van der Waals surface area contributed by atoms with Crippen LogP contribution in [0.15, 0.2) is 48.5 Å². The van der Waals surface area contributed by atoms with E-state index in [1.54, 1.807) is 20.8 Å². The summed E-state index contributed by atoms with van der Waals surface area (Å²) in [7, 11) is 0. The van der Waals surface area contributed by atoms with Gasteiger partial charge in [-0.25, -0.2) is 4.79 Å². The molecule has 2 aliphatic rings. The fourth-order valence-electron chi connectivity index (χ4n) is 4.25. The summed E-state index contributed by atoms with van der Waals surface area (Å²) in [6, 6.07) is 14.9. The van der Waals surface area contributed by atoms with Crippen LogP contribution >= 0.6 is 11.6 Å². The first kappa shape index (κ1) is 22.1. The molecule has 0 aliphatic carbocycles. The third-order valence-electron chi connectivity index (χ3n) is 6.17. The van der Waals surface area contributed by atoms with E-state index in [2.05, 4.69) is 5.32 Å². The molecule has 0 bridgehead atoms. The van der Waals surface area contributed by atoms with Crippen molar-refractivity contribution in [2.24, 2.45) is 0 Å². The Morgan fingerprint density at radius 3 is 2.41 bits per heavy atom. The lowest BCUT2D eigenvalue weighted by atomic mass is 10.0. The second-order valence-corrected chi connectivity index (χ2v) is 8.73. The molecule has 0 aromatic heterocycles. The number of carbonyl (C=O) groups excluding carboxylic acids is 3. The molecular formula is C24H27ClN4O3. The topological polar surface area (TPSA) is 73.0 Å². The van der Waals surface area contributed by atoms with E-state index < -0.39 is 11.8 Å². The van der Waals surface area contributed by atoms with Gasteiger partial charge in [0.15, 0.2) is 0 Å². The van der Waals surface area contributed by atoms with Crippen molar-refractivity contribution in [3.05, 3.63) is 64.7 Å². The normalized spacial score (nSPS) is 17.6. The van der Waals surface area contributed by atoms with Crippen LogP contribution in [0.2, 0.25) is 5.02 Å². The van der Waals surface area contributed by atoms with Crippen LogP contribution in [0.5, 0.6) is 0 Å². The van der Waals surface area contributed by atoms with Crippen LogP contribution in [0.4, 0.5) is 10.5 Å². The van der Waals surface area contributed by atoms with Crippen molar-refractivity contribution < 1.29 is 14.4 Å². The molecule has 7 nitrogen and oxygen atoms in total. The third-order valence-corrected chi connectivity index (χ3v) is 6.58. The largest absolute Gasteiger partial charge is 0.330 e. The van der Waals surface area contributed by atoms with Crippen LogP contribution in [0.1, 0.15) is 24.0 Å². The number of piperidine rings is 1. The molecule has 4 amide bonds. The summed E-state index contributed by atoms with van der Waals surface area (Å²) in [5, 5.41) is 3.49. The lowest BCUT2D eigenvalue weighted by Gasteiger charge is -2.42. The lowest BCUT2D eigenvalue weighted by Crippen LogP contribution is -2.59. The Morgan fingerprint density at radius 2 is 1.72 bits per heavy atom. The minimum atomic E-state index is -0.448. The van der Waals surface area contributed by atoms with Crippen molar-refractivity contribution in [2.45, 2.75) is 32.4 Å². The SMILES string of the molecule is Cc1ccc(NC(=O)N2CCC(N3CCN(Cc4ccccc4)C(=O)C3=O)CC2)cc1Cl. The summed E-state index contributed by atoms with van der Waals surface area (Å²) in [5.41, 5.74) is 2.62. The number of hydrogen-bond acceptors (Lipinski definition) is 3. The standard InChI is InChI=1S/C24H27ClN4O3/c1-17-7-8-19(15-21(17)25)26-24(32)27-11-9-20(10-12-27)29-14-13-28(22(30)23(29)31)16-18-5-3-2-4-6-18/h2-8,15,20H,9-14,16H2,1H3,(H,26,32). The van der Waals surface area contributed by atoms with Crippen LogP contribution in [0.25, 0.3) is 0 Å². The van der Waals surface area contributed by atoms with Gasteiger partial charge in [-0.1, -0.05) is 48.0 Å². The predicted molar refractivity (Wildman–Crippen MR) is 123 cm³/mol. The maximum atomic E-state index is 12.8. The predicted octanol–water partition coefficient (Wildman–Crippen LogP) is 3.52. The number of benzene rings is 2. The second-order valence-electron chi connectivity index (χ2n) is 8.32. The molecule has 2 fully saturated rings. The Hall–Kier alpha value is -3.06. The summed E-state index contributed by atoms with van der Waals surface area (Å²) in [6.45, 7) is 4.46. The number of urea groups is 1. The van der Waals surface area contributed by atoms with Gasteiger partial charge in [0.1, 0.15) is 0 Å². The first-order valence-corrected chi connectivity index (χ1v) is 11.3. The average Bonchev–Trinajstić information content (AvgIpc) is 2.80. The molecule has 0 atom stereocenters. The Balaban J connectivity index is 1.29. The van der Waals surface area contributed by atoms with Gasteiger partial charge in [-0.3, -0.25) is 9.59 Å². The average molecular weight is 455 g/mol. The van der Waals surface area contributed by atoms with Crippen LogP contribution in [-0.4, -0.2) is 64.8 Å². The lowest BCUT2D eigenvalue weighted by molar-refractivity contribution is -0.158. The molecule has 2 aliphatic heterocycles. The zero-order valence-corrected chi connectivity index (χ0v) is 18.8. The number of aryl methyl sites for hydroxylation is 1. The van der Waals surface area contributed by atoms with E-state index in [9.17, 15) is 14.4 Å². The Kier molecular flexibility index (Phi) is 6.65. The second kappa shape index (κ2) is 9.61. The van der Waals surface area contributed by atoms with E-state index in [0.29, 0.717) is 56.3 Å². The third kappa shape index (κ3) is 4.88. The van der Waals surface area contributed by atoms with Crippen LogP contribution < -0.4 is 5.32 Å². The summed E-state index contributed by atoms with van der Waals surface area (Å²) in [6.07, 6.45) is 1.31. The number of halogens is 1. The fraction of sp³-hybridized carbons (Fsp3) is 0.375. The summed E-state index contributed by atoms with van der Waals surface area (Å²) >= 11 is 6.14. The van der Waals surface area contributed by atoms with Crippen molar-refractivity contribution in [1.82, 2.24) is 14.7 Å². The quantitative estimate of drug-likeness (QED) is 0.718. The first-order valence-electron chi connectivity index (χ1n) is 10.9. The number of piperazine rings is 1. The van der Waals surface area contributed by atoms with Crippen molar-refractivity contribution >= 4 is 35.1 Å². The van der Waals surface area contributed by atoms with Gasteiger partial charge in [-0.2, -0.15) is 0 Å². The Morgan fingerprint density at radius 1 is 1.00 bits per heavy atom. The van der Waals surface area contributed by atoms with Gasteiger partial charge < -0.3 is 20.0 Å². The number of nitrogens with zero attached hydrogens (tertiary/aromatic N) is 3. The van der Waals surface area contributed by atoms with E-state index >= 15 is 0 Å². The zero-order chi connectivity index (χ0) is 22.7. The van der Waals surface area contributed by atoms with Crippen molar-refractivity contribution in [2.75, 3.05) is 31.5 Å². The first-order chi connectivity index (χ1) is 15.4. The van der Waals surface area contributed by atoms with E-state index in [1.807, 2.05) is 49.4 Å². The number of likely N-dealkylation sites (tertiary alicyclic amines) is 1.